The van der Waals surface area contributed by atoms with Crippen LogP contribution in [0.1, 0.15) is 24.2 Å². The highest BCUT2D eigenvalue weighted by molar-refractivity contribution is 6.30. The van der Waals surface area contributed by atoms with Crippen LogP contribution in [0.4, 0.5) is 0 Å². The molecule has 1 aliphatic heterocycles. The molecule has 19 heavy (non-hydrogen) atoms. The number of carboxylic acid groups (broad SMARTS) is 1. The monoisotopic (exact) mass is 282 g/mol. The van der Waals surface area contributed by atoms with E-state index in [1.54, 1.807) is 12.1 Å². The zero-order chi connectivity index (χ0) is 13.8. The maximum Gasteiger partial charge on any atom is 0.328 e. The van der Waals surface area contributed by atoms with Gasteiger partial charge < -0.3 is 14.6 Å². The Hall–Kier alpha value is -1.36. The molecule has 1 heterocycles. The molecule has 2 atom stereocenters. The molecule has 0 aliphatic carbocycles. The van der Waals surface area contributed by atoms with Gasteiger partial charge in [-0.2, -0.15) is 0 Å². The van der Waals surface area contributed by atoms with Crippen LogP contribution in [0.2, 0.25) is 5.02 Å². The number of halogens is 1. The summed E-state index contributed by atoms with van der Waals surface area (Å²) in [7, 11) is 0. The van der Waals surface area contributed by atoms with Crippen molar-refractivity contribution in [2.24, 2.45) is 0 Å². The number of rotatable bonds is 6. The molecule has 4 nitrogen and oxygen atoms in total. The number of carbonyl (C=O) groups is 1. The van der Waals surface area contributed by atoms with Gasteiger partial charge in [0.05, 0.1) is 19.3 Å². The van der Waals surface area contributed by atoms with E-state index >= 15 is 0 Å². The number of carboxylic acids is 1. The highest BCUT2D eigenvalue weighted by Gasteiger charge is 2.24. The molecular weight excluding hydrogens is 268 g/mol. The quantitative estimate of drug-likeness (QED) is 0.644. The first kappa shape index (κ1) is 14.1. The number of hydrogen-bond donors (Lipinski definition) is 1. The second-order valence-electron chi connectivity index (χ2n) is 4.38. The molecule has 1 fully saturated rings. The summed E-state index contributed by atoms with van der Waals surface area (Å²) in [4.78, 5) is 10.6. The van der Waals surface area contributed by atoms with Crippen LogP contribution in [0, 0.1) is 0 Å². The maximum atomic E-state index is 10.6. The molecular formula is C14H15ClO4. The third-order valence-corrected chi connectivity index (χ3v) is 3.06. The molecule has 0 radical (unpaired) electrons. The summed E-state index contributed by atoms with van der Waals surface area (Å²) in [6.07, 6.45) is 2.67. The lowest BCUT2D eigenvalue weighted by Gasteiger charge is -2.15. The zero-order valence-corrected chi connectivity index (χ0v) is 11.3. The molecule has 1 aromatic rings. The number of aliphatic carboxylic acids is 1. The Morgan fingerprint density at radius 2 is 2.42 bits per heavy atom. The van der Waals surface area contributed by atoms with E-state index in [9.17, 15) is 4.79 Å². The molecule has 0 unspecified atom stereocenters. The number of epoxide rings is 1. The first-order valence-corrected chi connectivity index (χ1v) is 6.37. The fourth-order valence-electron chi connectivity index (χ4n) is 1.73. The van der Waals surface area contributed by atoms with Gasteiger partial charge in [0, 0.05) is 11.1 Å². The Morgan fingerprint density at radius 1 is 1.68 bits per heavy atom. The number of benzene rings is 1. The largest absolute Gasteiger partial charge is 0.478 e. The fourth-order valence-corrected chi connectivity index (χ4v) is 1.91. The second-order valence-corrected chi connectivity index (χ2v) is 4.81. The van der Waals surface area contributed by atoms with Crippen LogP contribution in [-0.4, -0.2) is 30.4 Å². The van der Waals surface area contributed by atoms with Gasteiger partial charge >= 0.3 is 5.97 Å². The molecule has 0 aromatic heterocycles. The summed E-state index contributed by atoms with van der Waals surface area (Å²) in [5.74, 6) is -0.995. The van der Waals surface area contributed by atoms with Crippen molar-refractivity contribution in [1.82, 2.24) is 0 Å². The van der Waals surface area contributed by atoms with Crippen LogP contribution < -0.4 is 0 Å². The smallest absolute Gasteiger partial charge is 0.328 e. The minimum Gasteiger partial charge on any atom is -0.478 e. The standard InChI is InChI=1S/C14H15ClO4/c1-9(18-7-12-8-19-12)13-4-3-11(15)6-10(13)2-5-14(16)17/h2-6,9,12H,7-8H2,1H3,(H,16,17)/b5-2+/t9-,12+/m1/s1. The third kappa shape index (κ3) is 4.35. The maximum absolute atomic E-state index is 10.6. The molecule has 5 heteroatoms. The summed E-state index contributed by atoms with van der Waals surface area (Å²) < 4.78 is 10.8. The van der Waals surface area contributed by atoms with Gasteiger partial charge in [0.2, 0.25) is 0 Å². The zero-order valence-electron chi connectivity index (χ0n) is 10.5. The van der Waals surface area contributed by atoms with E-state index in [0.717, 1.165) is 23.8 Å². The van der Waals surface area contributed by atoms with E-state index in [-0.39, 0.29) is 12.2 Å². The molecule has 0 spiro atoms. The van der Waals surface area contributed by atoms with E-state index in [1.165, 1.54) is 6.08 Å². The van der Waals surface area contributed by atoms with Crippen molar-refractivity contribution < 1.29 is 19.4 Å². The summed E-state index contributed by atoms with van der Waals surface area (Å²) in [6, 6.07) is 5.34. The van der Waals surface area contributed by atoms with E-state index in [0.29, 0.717) is 11.6 Å². The van der Waals surface area contributed by atoms with Crippen molar-refractivity contribution in [3.8, 4) is 0 Å². The lowest BCUT2D eigenvalue weighted by Crippen LogP contribution is -2.07. The Kier molecular flexibility index (Phi) is 4.58. The summed E-state index contributed by atoms with van der Waals surface area (Å²) >= 11 is 5.93. The molecule has 1 aliphatic rings. The number of ether oxygens (including phenoxy) is 2. The molecule has 0 saturated carbocycles. The van der Waals surface area contributed by atoms with E-state index < -0.39 is 5.97 Å². The van der Waals surface area contributed by atoms with Gasteiger partial charge in [-0.3, -0.25) is 0 Å². The Morgan fingerprint density at radius 3 is 3.05 bits per heavy atom. The second kappa shape index (κ2) is 6.19. The van der Waals surface area contributed by atoms with Crippen LogP contribution >= 0.6 is 11.6 Å². The summed E-state index contributed by atoms with van der Waals surface area (Å²) in [5.41, 5.74) is 1.65. The van der Waals surface area contributed by atoms with Gasteiger partial charge in [0.25, 0.3) is 0 Å². The van der Waals surface area contributed by atoms with E-state index in [1.807, 2.05) is 13.0 Å². The van der Waals surface area contributed by atoms with Gasteiger partial charge in [-0.05, 0) is 36.3 Å². The summed E-state index contributed by atoms with van der Waals surface area (Å²) in [5, 5.41) is 9.25. The lowest BCUT2D eigenvalue weighted by molar-refractivity contribution is -0.131. The predicted octanol–water partition coefficient (Wildman–Crippen LogP) is 2.91. The lowest BCUT2D eigenvalue weighted by atomic mass is 10.0. The average Bonchev–Trinajstić information content (AvgIpc) is 3.17. The van der Waals surface area contributed by atoms with Crippen LogP contribution in [0.3, 0.4) is 0 Å². The fraction of sp³-hybridized carbons (Fsp3) is 0.357. The third-order valence-electron chi connectivity index (χ3n) is 2.83. The van der Waals surface area contributed by atoms with Crippen molar-refractivity contribution in [2.45, 2.75) is 19.1 Å². The van der Waals surface area contributed by atoms with Gasteiger partial charge in [0.15, 0.2) is 0 Å². The van der Waals surface area contributed by atoms with Crippen molar-refractivity contribution >= 4 is 23.6 Å². The van der Waals surface area contributed by atoms with Crippen LogP contribution in [0.15, 0.2) is 24.3 Å². The van der Waals surface area contributed by atoms with Crippen LogP contribution in [-0.2, 0) is 14.3 Å². The Labute approximate surface area is 116 Å². The number of hydrogen-bond acceptors (Lipinski definition) is 3. The molecule has 102 valence electrons. The van der Waals surface area contributed by atoms with Gasteiger partial charge in [0.1, 0.15) is 6.10 Å². The molecule has 1 N–H and O–H groups in total. The normalized spacial score (nSPS) is 19.6. The summed E-state index contributed by atoms with van der Waals surface area (Å²) in [6.45, 7) is 3.22. The van der Waals surface area contributed by atoms with Crippen molar-refractivity contribution in [3.05, 3.63) is 40.4 Å². The molecule has 1 saturated heterocycles. The first-order valence-electron chi connectivity index (χ1n) is 6.00. The van der Waals surface area contributed by atoms with Gasteiger partial charge in [-0.1, -0.05) is 17.7 Å². The van der Waals surface area contributed by atoms with Crippen LogP contribution in [0.25, 0.3) is 6.08 Å². The van der Waals surface area contributed by atoms with Crippen molar-refractivity contribution in [3.63, 3.8) is 0 Å². The Balaban J connectivity index is 2.14. The highest BCUT2D eigenvalue weighted by atomic mass is 35.5. The topological polar surface area (TPSA) is 59.1 Å². The van der Waals surface area contributed by atoms with Crippen molar-refractivity contribution in [2.75, 3.05) is 13.2 Å². The van der Waals surface area contributed by atoms with Gasteiger partial charge in [-0.15, -0.1) is 0 Å². The molecule has 2 rings (SSSR count). The van der Waals surface area contributed by atoms with Crippen molar-refractivity contribution in [1.29, 1.82) is 0 Å². The highest BCUT2D eigenvalue weighted by Crippen LogP contribution is 2.26. The minimum absolute atomic E-state index is 0.144. The Bertz CT molecular complexity index is 494. The molecule has 0 bridgehead atoms. The van der Waals surface area contributed by atoms with Gasteiger partial charge in [-0.25, -0.2) is 4.79 Å². The molecule has 1 aromatic carbocycles. The predicted molar refractivity (Wildman–Crippen MR) is 72.2 cm³/mol. The SMILES string of the molecule is C[C@@H](OC[C@H]1CO1)c1ccc(Cl)cc1/C=C/C(=O)O. The van der Waals surface area contributed by atoms with E-state index in [2.05, 4.69) is 0 Å². The minimum atomic E-state index is -0.995. The first-order chi connectivity index (χ1) is 9.06. The average molecular weight is 283 g/mol. The van der Waals surface area contributed by atoms with E-state index in [4.69, 9.17) is 26.2 Å². The van der Waals surface area contributed by atoms with Crippen LogP contribution in [0.5, 0.6) is 0 Å². The molecule has 0 amide bonds.